The Labute approximate surface area is 121 Å². The highest BCUT2D eigenvalue weighted by Gasteiger charge is 2.44. The molecule has 1 aromatic rings. The van der Waals surface area contributed by atoms with Gasteiger partial charge in [-0.15, -0.1) is 0 Å². The van der Waals surface area contributed by atoms with Crippen LogP contribution in [0, 0.1) is 0 Å². The Morgan fingerprint density at radius 2 is 2.15 bits per heavy atom. The molecule has 0 bridgehead atoms. The van der Waals surface area contributed by atoms with Crippen LogP contribution in [0.4, 0.5) is 0 Å². The maximum atomic E-state index is 11.6. The number of aromatic carboxylic acids is 1. The molecule has 108 valence electrons. The summed E-state index contributed by atoms with van der Waals surface area (Å²) in [6.07, 6.45) is 2.17. The van der Waals surface area contributed by atoms with E-state index in [9.17, 15) is 9.90 Å². The van der Waals surface area contributed by atoms with Gasteiger partial charge in [-0.2, -0.15) is 0 Å². The summed E-state index contributed by atoms with van der Waals surface area (Å²) in [6, 6.07) is 1.71. The lowest BCUT2D eigenvalue weighted by Crippen LogP contribution is -2.33. The molecule has 6 heteroatoms. The molecule has 0 aromatic heterocycles. The van der Waals surface area contributed by atoms with Gasteiger partial charge >= 0.3 is 5.97 Å². The van der Waals surface area contributed by atoms with Crippen LogP contribution >= 0.6 is 11.6 Å². The van der Waals surface area contributed by atoms with E-state index in [4.69, 9.17) is 25.8 Å². The number of rotatable bonds is 2. The zero-order valence-electron chi connectivity index (χ0n) is 11.1. The van der Waals surface area contributed by atoms with Crippen molar-refractivity contribution < 1.29 is 24.1 Å². The number of hydrogen-bond acceptors (Lipinski definition) is 4. The van der Waals surface area contributed by atoms with Crippen molar-refractivity contribution in [1.82, 2.24) is 0 Å². The van der Waals surface area contributed by atoms with Crippen molar-refractivity contribution in [3.8, 4) is 5.75 Å². The number of carboxylic acid groups (broad SMARTS) is 1. The lowest BCUT2D eigenvalue weighted by molar-refractivity contribution is -0.175. The Morgan fingerprint density at radius 1 is 1.45 bits per heavy atom. The number of benzene rings is 1. The molecule has 1 N–H and O–H groups in total. The van der Waals surface area contributed by atoms with Gasteiger partial charge in [0.2, 0.25) is 0 Å². The maximum absolute atomic E-state index is 11.6. The molecule has 1 saturated heterocycles. The van der Waals surface area contributed by atoms with Gasteiger partial charge in [-0.25, -0.2) is 4.79 Å². The van der Waals surface area contributed by atoms with Crippen molar-refractivity contribution in [1.29, 1.82) is 0 Å². The van der Waals surface area contributed by atoms with Crippen molar-refractivity contribution in [3.05, 3.63) is 27.8 Å². The van der Waals surface area contributed by atoms with Crippen LogP contribution < -0.4 is 4.74 Å². The molecule has 1 aromatic carbocycles. The van der Waals surface area contributed by atoms with E-state index in [1.54, 1.807) is 6.07 Å². The van der Waals surface area contributed by atoms with Gasteiger partial charge in [-0.05, 0) is 24.5 Å². The SMILES string of the molecule is COc1c(Cl)cc2c(c1C(=O)O)CCCC21OCCO1. The first-order valence-electron chi connectivity index (χ1n) is 6.50. The van der Waals surface area contributed by atoms with Crippen LogP contribution in [0.1, 0.15) is 34.3 Å². The minimum Gasteiger partial charge on any atom is -0.494 e. The highest BCUT2D eigenvalue weighted by atomic mass is 35.5. The molecule has 20 heavy (non-hydrogen) atoms. The second-order valence-corrected chi connectivity index (χ2v) is 5.31. The number of halogens is 1. The van der Waals surface area contributed by atoms with Crippen molar-refractivity contribution >= 4 is 17.6 Å². The first-order chi connectivity index (χ1) is 9.59. The summed E-state index contributed by atoms with van der Waals surface area (Å²) in [4.78, 5) is 11.6. The molecule has 0 unspecified atom stereocenters. The van der Waals surface area contributed by atoms with Crippen LogP contribution in [0.15, 0.2) is 6.07 Å². The Hall–Kier alpha value is -1.30. The lowest BCUT2D eigenvalue weighted by atomic mass is 9.83. The number of hydrogen-bond donors (Lipinski definition) is 1. The molecule has 1 spiro atoms. The molecule has 1 heterocycles. The van der Waals surface area contributed by atoms with Gasteiger partial charge < -0.3 is 19.3 Å². The van der Waals surface area contributed by atoms with Crippen LogP contribution in [-0.2, 0) is 21.7 Å². The summed E-state index contributed by atoms with van der Waals surface area (Å²) < 4.78 is 16.7. The fourth-order valence-electron chi connectivity index (χ4n) is 3.08. The van der Waals surface area contributed by atoms with Gasteiger partial charge in [0.1, 0.15) is 5.56 Å². The third kappa shape index (κ3) is 1.89. The smallest absolute Gasteiger partial charge is 0.339 e. The summed E-state index contributed by atoms with van der Waals surface area (Å²) in [5, 5.41) is 9.76. The van der Waals surface area contributed by atoms with Gasteiger partial charge in [-0.3, -0.25) is 0 Å². The third-order valence-corrected chi connectivity index (χ3v) is 4.14. The predicted octanol–water partition coefficient (Wildman–Crippen LogP) is 2.58. The lowest BCUT2D eigenvalue weighted by Gasteiger charge is -2.35. The monoisotopic (exact) mass is 298 g/mol. The van der Waals surface area contributed by atoms with E-state index in [0.29, 0.717) is 31.6 Å². The maximum Gasteiger partial charge on any atom is 0.339 e. The van der Waals surface area contributed by atoms with Gasteiger partial charge in [0.25, 0.3) is 0 Å². The van der Waals surface area contributed by atoms with Crippen LogP contribution in [-0.4, -0.2) is 31.4 Å². The van der Waals surface area contributed by atoms with E-state index < -0.39 is 11.8 Å². The number of fused-ring (bicyclic) bond motifs is 2. The van der Waals surface area contributed by atoms with Gasteiger partial charge in [0.05, 0.1) is 25.3 Å². The minimum atomic E-state index is -1.05. The van der Waals surface area contributed by atoms with E-state index >= 15 is 0 Å². The molecule has 2 aliphatic rings. The molecule has 3 rings (SSSR count). The molecule has 1 aliphatic carbocycles. The number of carbonyl (C=O) groups is 1. The minimum absolute atomic E-state index is 0.119. The molecule has 0 amide bonds. The quantitative estimate of drug-likeness (QED) is 0.909. The summed E-state index contributed by atoms with van der Waals surface area (Å²) in [7, 11) is 1.42. The number of carboxylic acids is 1. The summed E-state index contributed by atoms with van der Waals surface area (Å²) >= 11 is 6.17. The number of methoxy groups -OCH3 is 1. The molecule has 0 saturated carbocycles. The highest BCUT2D eigenvalue weighted by molar-refractivity contribution is 6.32. The topological polar surface area (TPSA) is 65.0 Å². The van der Waals surface area contributed by atoms with Crippen LogP contribution in [0.25, 0.3) is 0 Å². The van der Waals surface area contributed by atoms with E-state index in [1.807, 2.05) is 0 Å². The van der Waals surface area contributed by atoms with Crippen LogP contribution in [0.2, 0.25) is 5.02 Å². The van der Waals surface area contributed by atoms with Crippen molar-refractivity contribution in [3.63, 3.8) is 0 Å². The van der Waals surface area contributed by atoms with E-state index in [-0.39, 0.29) is 16.3 Å². The molecule has 1 fully saturated rings. The molecular weight excluding hydrogens is 284 g/mol. The zero-order valence-corrected chi connectivity index (χ0v) is 11.8. The number of ether oxygens (including phenoxy) is 3. The van der Waals surface area contributed by atoms with E-state index in [1.165, 1.54) is 7.11 Å². The van der Waals surface area contributed by atoms with Gasteiger partial charge in [0, 0.05) is 12.0 Å². The Morgan fingerprint density at radius 3 is 2.75 bits per heavy atom. The third-order valence-electron chi connectivity index (χ3n) is 3.86. The highest BCUT2D eigenvalue weighted by Crippen LogP contribution is 2.47. The molecule has 0 radical (unpaired) electrons. The summed E-state index contributed by atoms with van der Waals surface area (Å²) in [6.45, 7) is 1.01. The fraction of sp³-hybridized carbons (Fsp3) is 0.500. The second-order valence-electron chi connectivity index (χ2n) is 4.90. The standard InChI is InChI=1S/C14H15ClO5/c1-18-12-10(15)7-9-8(11(12)13(16)17)3-2-4-14(9)19-5-6-20-14/h7H,2-6H2,1H3,(H,16,17). The Kier molecular flexibility index (Phi) is 3.36. The molecule has 0 atom stereocenters. The molecule has 5 nitrogen and oxygen atoms in total. The van der Waals surface area contributed by atoms with E-state index in [2.05, 4.69) is 0 Å². The van der Waals surface area contributed by atoms with Crippen LogP contribution in [0.5, 0.6) is 5.75 Å². The molecule has 1 aliphatic heterocycles. The molecular formula is C14H15ClO5. The largest absolute Gasteiger partial charge is 0.494 e. The first kappa shape index (κ1) is 13.7. The van der Waals surface area contributed by atoms with Crippen molar-refractivity contribution in [2.24, 2.45) is 0 Å². The fourth-order valence-corrected chi connectivity index (χ4v) is 3.36. The average molecular weight is 299 g/mol. The van der Waals surface area contributed by atoms with Crippen LogP contribution in [0.3, 0.4) is 0 Å². The summed E-state index contributed by atoms with van der Waals surface area (Å²) in [5.41, 5.74) is 1.55. The predicted molar refractivity (Wildman–Crippen MR) is 71.5 cm³/mol. The van der Waals surface area contributed by atoms with Crippen molar-refractivity contribution in [2.45, 2.75) is 25.0 Å². The van der Waals surface area contributed by atoms with E-state index in [0.717, 1.165) is 12.0 Å². The zero-order chi connectivity index (χ0) is 14.3. The Balaban J connectivity index is 2.26. The average Bonchev–Trinajstić information content (AvgIpc) is 2.87. The van der Waals surface area contributed by atoms with Crippen molar-refractivity contribution in [2.75, 3.05) is 20.3 Å². The first-order valence-corrected chi connectivity index (χ1v) is 6.88. The summed E-state index contributed by atoms with van der Waals surface area (Å²) in [5.74, 6) is -1.68. The normalized spacial score (nSPS) is 19.9. The van der Waals surface area contributed by atoms with Gasteiger partial charge in [0.15, 0.2) is 11.5 Å². The second kappa shape index (κ2) is 4.91. The van der Waals surface area contributed by atoms with Gasteiger partial charge in [-0.1, -0.05) is 11.6 Å². The Bertz CT molecular complexity index is 563.